The van der Waals surface area contributed by atoms with Crippen molar-refractivity contribution in [3.8, 4) is 11.6 Å². The molecule has 25 heavy (non-hydrogen) atoms. The van der Waals surface area contributed by atoms with Crippen LogP contribution in [0.2, 0.25) is 0 Å². The Morgan fingerprint density at radius 2 is 1.84 bits per heavy atom. The average molecular weight is 344 g/mol. The summed E-state index contributed by atoms with van der Waals surface area (Å²) in [5, 5.41) is 30.6. The van der Waals surface area contributed by atoms with Crippen LogP contribution in [0, 0.1) is 0 Å². The lowest BCUT2D eigenvalue weighted by atomic mass is 9.85. The number of hydrogen-bond donors (Lipinski definition) is 3. The fourth-order valence-electron chi connectivity index (χ4n) is 3.22. The summed E-state index contributed by atoms with van der Waals surface area (Å²) in [5.74, 6) is 0.717. The molecule has 2 aromatic rings. The van der Waals surface area contributed by atoms with Crippen molar-refractivity contribution in [2.24, 2.45) is 0 Å². The van der Waals surface area contributed by atoms with E-state index in [1.807, 2.05) is 6.07 Å². The molecule has 1 aromatic heterocycles. The molecule has 1 atom stereocenters. The van der Waals surface area contributed by atoms with Crippen LogP contribution < -0.4 is 4.74 Å². The Morgan fingerprint density at radius 3 is 2.40 bits per heavy atom. The van der Waals surface area contributed by atoms with E-state index in [1.165, 1.54) is 0 Å². The first kappa shape index (κ1) is 17.7. The smallest absolute Gasteiger partial charge is 0.212 e. The van der Waals surface area contributed by atoms with E-state index in [-0.39, 0.29) is 5.75 Å². The van der Waals surface area contributed by atoms with Crippen LogP contribution in [0.5, 0.6) is 11.6 Å². The predicted molar refractivity (Wildman–Crippen MR) is 93.4 cm³/mol. The number of β-amino-alcohol motifs (C(OH)–C–C–N with tert-alkyl or cyclic N) is 1. The zero-order valence-electron chi connectivity index (χ0n) is 14.3. The summed E-state index contributed by atoms with van der Waals surface area (Å²) < 4.78 is 5.06. The van der Waals surface area contributed by atoms with E-state index >= 15 is 0 Å². The number of ether oxygens (including phenoxy) is 1. The minimum absolute atomic E-state index is 0.187. The first-order chi connectivity index (χ1) is 12.0. The molecule has 0 spiro atoms. The standard InChI is InChI=1S/C19H24N2O4/c1-25-18-7-4-15(12-20-18)19(24)8-10-21(11-9-19)13-17(23)14-2-5-16(22)6-3-14/h2-7,12,17,22-24H,8-11,13H2,1H3. The molecule has 0 aliphatic carbocycles. The Morgan fingerprint density at radius 1 is 1.16 bits per heavy atom. The Bertz CT molecular complexity index is 680. The Hall–Kier alpha value is -2.15. The molecule has 0 bridgehead atoms. The second-order valence-corrected chi connectivity index (χ2v) is 6.53. The molecule has 0 radical (unpaired) electrons. The molecule has 1 aliphatic rings. The van der Waals surface area contributed by atoms with Gasteiger partial charge in [0, 0.05) is 37.5 Å². The van der Waals surface area contributed by atoms with E-state index in [1.54, 1.807) is 43.6 Å². The highest BCUT2D eigenvalue weighted by atomic mass is 16.5. The van der Waals surface area contributed by atoms with Gasteiger partial charge in [-0.25, -0.2) is 4.98 Å². The van der Waals surface area contributed by atoms with E-state index in [2.05, 4.69) is 9.88 Å². The summed E-state index contributed by atoms with van der Waals surface area (Å²) in [7, 11) is 1.56. The van der Waals surface area contributed by atoms with Crippen molar-refractivity contribution in [1.29, 1.82) is 0 Å². The van der Waals surface area contributed by atoms with Crippen LogP contribution in [0.4, 0.5) is 0 Å². The number of hydrogen-bond acceptors (Lipinski definition) is 6. The van der Waals surface area contributed by atoms with Crippen LogP contribution in [-0.4, -0.2) is 51.9 Å². The molecular weight excluding hydrogens is 320 g/mol. The zero-order valence-corrected chi connectivity index (χ0v) is 14.3. The number of phenols is 1. The molecule has 6 heteroatoms. The van der Waals surface area contributed by atoms with Gasteiger partial charge >= 0.3 is 0 Å². The summed E-state index contributed by atoms with van der Waals surface area (Å²) in [6.07, 6.45) is 2.22. The zero-order chi connectivity index (χ0) is 17.9. The lowest BCUT2D eigenvalue weighted by Gasteiger charge is -2.39. The minimum atomic E-state index is -0.890. The summed E-state index contributed by atoms with van der Waals surface area (Å²) in [4.78, 5) is 6.32. The lowest BCUT2D eigenvalue weighted by molar-refractivity contribution is -0.0347. The van der Waals surface area contributed by atoms with Crippen molar-refractivity contribution < 1.29 is 20.1 Å². The van der Waals surface area contributed by atoms with E-state index in [0.29, 0.717) is 38.4 Å². The SMILES string of the molecule is COc1ccc(C2(O)CCN(CC(O)c3ccc(O)cc3)CC2)cn1. The summed E-state index contributed by atoms with van der Waals surface area (Å²) in [6, 6.07) is 10.2. The van der Waals surface area contributed by atoms with Crippen LogP contribution in [0.25, 0.3) is 0 Å². The largest absolute Gasteiger partial charge is 0.508 e. The maximum Gasteiger partial charge on any atom is 0.212 e. The molecular formula is C19H24N2O4. The van der Waals surface area contributed by atoms with Crippen molar-refractivity contribution in [3.63, 3.8) is 0 Å². The number of aliphatic hydroxyl groups excluding tert-OH is 1. The molecule has 3 rings (SSSR count). The molecule has 1 fully saturated rings. The van der Waals surface area contributed by atoms with Gasteiger partial charge in [0.25, 0.3) is 0 Å². The van der Waals surface area contributed by atoms with Crippen LogP contribution in [0.15, 0.2) is 42.6 Å². The van der Waals surface area contributed by atoms with Gasteiger partial charge in [-0.15, -0.1) is 0 Å². The fourth-order valence-corrected chi connectivity index (χ4v) is 3.22. The number of aromatic hydroxyl groups is 1. The van der Waals surface area contributed by atoms with Gasteiger partial charge in [-0.1, -0.05) is 12.1 Å². The van der Waals surface area contributed by atoms with Gasteiger partial charge in [-0.3, -0.25) is 0 Å². The Balaban J connectivity index is 1.58. The van der Waals surface area contributed by atoms with Crippen LogP contribution >= 0.6 is 0 Å². The quantitative estimate of drug-likeness (QED) is 0.767. The molecule has 134 valence electrons. The molecule has 1 aromatic carbocycles. The molecule has 3 N–H and O–H groups in total. The van der Waals surface area contributed by atoms with Crippen molar-refractivity contribution >= 4 is 0 Å². The third-order valence-corrected chi connectivity index (χ3v) is 4.88. The second-order valence-electron chi connectivity index (χ2n) is 6.53. The highest BCUT2D eigenvalue weighted by molar-refractivity contribution is 5.27. The molecule has 1 saturated heterocycles. The van der Waals surface area contributed by atoms with Gasteiger partial charge in [0.15, 0.2) is 0 Å². The highest BCUT2D eigenvalue weighted by Gasteiger charge is 2.34. The normalized spacial score (nSPS) is 18.7. The van der Waals surface area contributed by atoms with Crippen molar-refractivity contribution in [3.05, 3.63) is 53.7 Å². The average Bonchev–Trinajstić information content (AvgIpc) is 2.64. The number of aliphatic hydroxyl groups is 2. The van der Waals surface area contributed by atoms with Gasteiger partial charge in [-0.2, -0.15) is 0 Å². The lowest BCUT2D eigenvalue weighted by Crippen LogP contribution is -2.44. The number of likely N-dealkylation sites (tertiary alicyclic amines) is 1. The number of methoxy groups -OCH3 is 1. The first-order valence-corrected chi connectivity index (χ1v) is 8.42. The van der Waals surface area contributed by atoms with Crippen LogP contribution in [-0.2, 0) is 5.60 Å². The summed E-state index contributed by atoms with van der Waals surface area (Å²) in [6.45, 7) is 1.89. The van der Waals surface area contributed by atoms with Crippen LogP contribution in [0.3, 0.4) is 0 Å². The third kappa shape index (κ3) is 4.10. The van der Waals surface area contributed by atoms with Gasteiger partial charge in [0.1, 0.15) is 5.75 Å². The molecule has 0 saturated carbocycles. The number of nitrogens with zero attached hydrogens (tertiary/aromatic N) is 2. The number of piperidine rings is 1. The Labute approximate surface area is 147 Å². The first-order valence-electron chi connectivity index (χ1n) is 8.42. The molecule has 1 aliphatic heterocycles. The monoisotopic (exact) mass is 344 g/mol. The summed E-state index contributed by atoms with van der Waals surface area (Å²) in [5.41, 5.74) is 0.684. The highest BCUT2D eigenvalue weighted by Crippen LogP contribution is 2.33. The van der Waals surface area contributed by atoms with E-state index in [0.717, 1.165) is 11.1 Å². The Kier molecular flexibility index (Phi) is 5.22. The molecule has 1 unspecified atom stereocenters. The minimum Gasteiger partial charge on any atom is -0.508 e. The van der Waals surface area contributed by atoms with E-state index < -0.39 is 11.7 Å². The van der Waals surface area contributed by atoms with Crippen molar-refractivity contribution in [1.82, 2.24) is 9.88 Å². The van der Waals surface area contributed by atoms with Crippen molar-refractivity contribution in [2.75, 3.05) is 26.7 Å². The fraction of sp³-hybridized carbons (Fsp3) is 0.421. The molecule has 0 amide bonds. The van der Waals surface area contributed by atoms with Gasteiger partial charge in [0.05, 0.1) is 18.8 Å². The second kappa shape index (κ2) is 7.39. The van der Waals surface area contributed by atoms with Gasteiger partial charge in [0.2, 0.25) is 5.88 Å². The van der Waals surface area contributed by atoms with Gasteiger partial charge < -0.3 is 25.0 Å². The summed E-state index contributed by atoms with van der Waals surface area (Å²) >= 11 is 0. The van der Waals surface area contributed by atoms with E-state index in [4.69, 9.17) is 4.74 Å². The number of rotatable bonds is 5. The van der Waals surface area contributed by atoms with E-state index in [9.17, 15) is 15.3 Å². The maximum atomic E-state index is 10.9. The number of pyridine rings is 1. The van der Waals surface area contributed by atoms with Crippen molar-refractivity contribution in [2.45, 2.75) is 24.5 Å². The topological polar surface area (TPSA) is 86.1 Å². The molecule has 6 nitrogen and oxygen atoms in total. The maximum absolute atomic E-state index is 10.9. The number of phenolic OH excluding ortho intramolecular Hbond substituents is 1. The molecule has 2 heterocycles. The third-order valence-electron chi connectivity index (χ3n) is 4.88. The predicted octanol–water partition coefficient (Wildman–Crippen LogP) is 1.81. The number of benzene rings is 1. The van der Waals surface area contributed by atoms with Gasteiger partial charge in [-0.05, 0) is 36.6 Å². The van der Waals surface area contributed by atoms with Crippen LogP contribution in [0.1, 0.15) is 30.1 Å². The number of aromatic nitrogens is 1.